The van der Waals surface area contributed by atoms with Gasteiger partial charge in [-0.1, -0.05) is 23.8 Å². The van der Waals surface area contributed by atoms with Gasteiger partial charge in [-0.3, -0.25) is 14.0 Å². The van der Waals surface area contributed by atoms with E-state index >= 15 is 0 Å². The van der Waals surface area contributed by atoms with Crippen molar-refractivity contribution in [1.29, 1.82) is 0 Å². The van der Waals surface area contributed by atoms with Gasteiger partial charge in [0.2, 0.25) is 0 Å². The summed E-state index contributed by atoms with van der Waals surface area (Å²) in [6.45, 7) is 5.72. The van der Waals surface area contributed by atoms with Crippen LogP contribution in [0.25, 0.3) is 5.65 Å². The van der Waals surface area contributed by atoms with E-state index in [9.17, 15) is 9.59 Å². The Hall–Kier alpha value is -3.15. The predicted molar refractivity (Wildman–Crippen MR) is 96.9 cm³/mol. The number of benzene rings is 1. The second-order valence-electron chi connectivity index (χ2n) is 6.19. The normalized spacial score (nSPS) is 10.9. The summed E-state index contributed by atoms with van der Waals surface area (Å²) in [5, 5.41) is 5.61. The minimum absolute atomic E-state index is 0.0255. The zero-order chi connectivity index (χ0) is 18.0. The van der Waals surface area contributed by atoms with Crippen LogP contribution in [0.2, 0.25) is 0 Å². The lowest BCUT2D eigenvalue weighted by atomic mass is 10.1. The minimum Gasteiger partial charge on any atom is -0.348 e. The zero-order valence-electron chi connectivity index (χ0n) is 14.4. The SMILES string of the molecule is Cc1ccc(C(=O)Nc2nc3ccccn3c2C(=O)NC(C)C)cc1. The number of hydrogen-bond donors (Lipinski definition) is 2. The third-order valence-corrected chi connectivity index (χ3v) is 3.71. The number of carbonyl (C=O) groups excluding carboxylic acids is 2. The van der Waals surface area contributed by atoms with Crippen LogP contribution in [0.1, 0.15) is 40.3 Å². The van der Waals surface area contributed by atoms with E-state index in [1.54, 1.807) is 28.8 Å². The van der Waals surface area contributed by atoms with Crippen molar-refractivity contribution >= 4 is 23.3 Å². The number of rotatable bonds is 4. The lowest BCUT2D eigenvalue weighted by molar-refractivity contribution is 0.0938. The van der Waals surface area contributed by atoms with Gasteiger partial charge in [-0.2, -0.15) is 0 Å². The molecule has 6 heteroatoms. The van der Waals surface area contributed by atoms with E-state index in [2.05, 4.69) is 15.6 Å². The molecular weight excluding hydrogens is 316 g/mol. The molecule has 3 rings (SSSR count). The number of pyridine rings is 1. The minimum atomic E-state index is -0.304. The Morgan fingerprint density at radius 1 is 1.04 bits per heavy atom. The molecule has 2 aromatic heterocycles. The zero-order valence-corrected chi connectivity index (χ0v) is 14.4. The van der Waals surface area contributed by atoms with E-state index in [1.165, 1.54) is 0 Å². The van der Waals surface area contributed by atoms with Crippen molar-refractivity contribution < 1.29 is 9.59 Å². The fourth-order valence-corrected chi connectivity index (χ4v) is 2.52. The number of nitrogens with zero attached hydrogens (tertiary/aromatic N) is 2. The quantitative estimate of drug-likeness (QED) is 0.769. The van der Waals surface area contributed by atoms with Crippen LogP contribution in [0.15, 0.2) is 48.7 Å². The molecule has 25 heavy (non-hydrogen) atoms. The molecule has 0 unspecified atom stereocenters. The average molecular weight is 336 g/mol. The van der Waals surface area contributed by atoms with Crippen molar-refractivity contribution in [3.63, 3.8) is 0 Å². The molecule has 0 radical (unpaired) electrons. The molecule has 0 aliphatic heterocycles. The number of anilines is 1. The molecular formula is C19H20N4O2. The summed E-state index contributed by atoms with van der Waals surface area (Å²) in [6.07, 6.45) is 1.75. The molecule has 6 nitrogen and oxygen atoms in total. The van der Waals surface area contributed by atoms with Gasteiger partial charge in [0.05, 0.1) is 0 Å². The first-order valence-corrected chi connectivity index (χ1v) is 8.11. The Balaban J connectivity index is 1.98. The van der Waals surface area contributed by atoms with Gasteiger partial charge in [-0.25, -0.2) is 4.98 Å². The fourth-order valence-electron chi connectivity index (χ4n) is 2.52. The van der Waals surface area contributed by atoms with Crippen molar-refractivity contribution in [2.24, 2.45) is 0 Å². The van der Waals surface area contributed by atoms with Gasteiger partial charge >= 0.3 is 0 Å². The maximum atomic E-state index is 12.6. The van der Waals surface area contributed by atoms with Gasteiger partial charge in [0.25, 0.3) is 11.8 Å². The van der Waals surface area contributed by atoms with Crippen molar-refractivity contribution in [2.45, 2.75) is 26.8 Å². The molecule has 0 saturated heterocycles. The standard InChI is InChI=1S/C19H20N4O2/c1-12(2)20-19(25)16-17(21-15-6-4-5-11-23(15)16)22-18(24)14-9-7-13(3)8-10-14/h4-12H,1-3H3,(H,20,25)(H,22,24). The molecule has 128 valence electrons. The second-order valence-corrected chi connectivity index (χ2v) is 6.19. The maximum Gasteiger partial charge on any atom is 0.272 e. The highest BCUT2D eigenvalue weighted by atomic mass is 16.2. The van der Waals surface area contributed by atoms with E-state index in [0.29, 0.717) is 16.9 Å². The van der Waals surface area contributed by atoms with Gasteiger partial charge in [-0.15, -0.1) is 0 Å². The highest BCUT2D eigenvalue weighted by molar-refractivity contribution is 6.08. The van der Waals surface area contributed by atoms with Crippen molar-refractivity contribution in [3.05, 3.63) is 65.5 Å². The third kappa shape index (κ3) is 3.52. The summed E-state index contributed by atoms with van der Waals surface area (Å²) in [5.41, 5.74) is 2.49. The first kappa shape index (κ1) is 16.7. The molecule has 2 heterocycles. The molecule has 0 fully saturated rings. The van der Waals surface area contributed by atoms with Crippen LogP contribution in [-0.2, 0) is 0 Å². The van der Waals surface area contributed by atoms with Crippen LogP contribution in [-0.4, -0.2) is 27.2 Å². The third-order valence-electron chi connectivity index (χ3n) is 3.71. The number of aromatic nitrogens is 2. The Bertz CT molecular complexity index is 926. The summed E-state index contributed by atoms with van der Waals surface area (Å²) in [7, 11) is 0. The summed E-state index contributed by atoms with van der Waals surface area (Å²) < 4.78 is 1.67. The molecule has 2 N–H and O–H groups in total. The van der Waals surface area contributed by atoms with Gasteiger partial charge in [0, 0.05) is 17.8 Å². The molecule has 0 saturated carbocycles. The molecule has 3 aromatic rings. The fraction of sp³-hybridized carbons (Fsp3) is 0.211. The van der Waals surface area contributed by atoms with Gasteiger partial charge in [0.1, 0.15) is 5.65 Å². The first-order chi connectivity index (χ1) is 12.0. The molecule has 0 bridgehead atoms. The monoisotopic (exact) mass is 336 g/mol. The summed E-state index contributed by atoms with van der Waals surface area (Å²) in [5.74, 6) is -0.343. The van der Waals surface area contributed by atoms with Crippen LogP contribution < -0.4 is 10.6 Å². The van der Waals surface area contributed by atoms with Crippen molar-refractivity contribution in [1.82, 2.24) is 14.7 Å². The number of imidazole rings is 1. The Kier molecular flexibility index (Phi) is 4.52. The second kappa shape index (κ2) is 6.76. The average Bonchev–Trinajstić information content (AvgIpc) is 2.92. The number of hydrogen-bond acceptors (Lipinski definition) is 3. The Labute approximate surface area is 145 Å². The smallest absolute Gasteiger partial charge is 0.272 e. The van der Waals surface area contributed by atoms with Crippen LogP contribution in [0.5, 0.6) is 0 Å². The van der Waals surface area contributed by atoms with Crippen LogP contribution in [0.3, 0.4) is 0 Å². The topological polar surface area (TPSA) is 75.5 Å². The maximum absolute atomic E-state index is 12.6. The lowest BCUT2D eigenvalue weighted by Crippen LogP contribution is -2.32. The molecule has 0 atom stereocenters. The molecule has 0 aliphatic rings. The van der Waals surface area contributed by atoms with E-state index in [1.807, 2.05) is 45.0 Å². The van der Waals surface area contributed by atoms with E-state index < -0.39 is 0 Å². The van der Waals surface area contributed by atoms with Gasteiger partial charge < -0.3 is 10.6 Å². The van der Waals surface area contributed by atoms with Gasteiger partial charge in [-0.05, 0) is 45.0 Å². The van der Waals surface area contributed by atoms with Gasteiger partial charge in [0.15, 0.2) is 11.5 Å². The molecule has 0 spiro atoms. The number of fused-ring (bicyclic) bond motifs is 1. The number of carbonyl (C=O) groups is 2. The van der Waals surface area contributed by atoms with E-state index in [4.69, 9.17) is 0 Å². The number of aryl methyl sites for hydroxylation is 1. The highest BCUT2D eigenvalue weighted by Gasteiger charge is 2.21. The van der Waals surface area contributed by atoms with E-state index in [-0.39, 0.29) is 23.7 Å². The van der Waals surface area contributed by atoms with Crippen molar-refractivity contribution in [3.8, 4) is 0 Å². The summed E-state index contributed by atoms with van der Waals surface area (Å²) in [4.78, 5) is 29.5. The van der Waals surface area contributed by atoms with Crippen LogP contribution in [0, 0.1) is 6.92 Å². The lowest BCUT2D eigenvalue weighted by Gasteiger charge is -2.10. The summed E-state index contributed by atoms with van der Waals surface area (Å²) in [6, 6.07) is 12.6. The summed E-state index contributed by atoms with van der Waals surface area (Å²) >= 11 is 0. The first-order valence-electron chi connectivity index (χ1n) is 8.11. The number of nitrogens with one attached hydrogen (secondary N) is 2. The molecule has 1 aromatic carbocycles. The largest absolute Gasteiger partial charge is 0.348 e. The Morgan fingerprint density at radius 3 is 2.44 bits per heavy atom. The molecule has 2 amide bonds. The highest BCUT2D eigenvalue weighted by Crippen LogP contribution is 2.19. The predicted octanol–water partition coefficient (Wildman–Crippen LogP) is 3.03. The van der Waals surface area contributed by atoms with Crippen molar-refractivity contribution in [2.75, 3.05) is 5.32 Å². The van der Waals surface area contributed by atoms with Crippen LogP contribution in [0.4, 0.5) is 5.82 Å². The Morgan fingerprint density at radius 2 is 1.76 bits per heavy atom. The number of amides is 2. The molecule has 0 aliphatic carbocycles. The van der Waals surface area contributed by atoms with E-state index in [0.717, 1.165) is 5.56 Å². The van der Waals surface area contributed by atoms with Crippen LogP contribution >= 0.6 is 0 Å².